The number of nitrogens with one attached hydrogen (secondary N) is 1. The van der Waals surface area contributed by atoms with E-state index in [1.165, 1.54) is 4.68 Å². The third kappa shape index (κ3) is 4.12. The number of hydrogen-bond acceptors (Lipinski definition) is 7. The molecule has 0 bridgehead atoms. The maximum atomic E-state index is 12.9. The second kappa shape index (κ2) is 7.18. The first kappa shape index (κ1) is 19.7. The van der Waals surface area contributed by atoms with Crippen LogP contribution in [0.3, 0.4) is 0 Å². The molecule has 0 unspecified atom stereocenters. The van der Waals surface area contributed by atoms with Gasteiger partial charge in [-0.1, -0.05) is 0 Å². The van der Waals surface area contributed by atoms with E-state index in [-0.39, 0.29) is 22.4 Å². The number of sulfone groups is 1. The Bertz CT molecular complexity index is 1110. The van der Waals surface area contributed by atoms with E-state index in [9.17, 15) is 16.8 Å². The fourth-order valence-electron chi connectivity index (χ4n) is 3.21. The molecule has 0 saturated carbocycles. The van der Waals surface area contributed by atoms with Crippen molar-refractivity contribution in [3.8, 4) is 5.40 Å². The van der Waals surface area contributed by atoms with E-state index < -0.39 is 19.9 Å². The summed E-state index contributed by atoms with van der Waals surface area (Å²) < 4.78 is 53.2. The lowest BCUT2D eigenvalue weighted by Crippen LogP contribution is -2.17. The van der Waals surface area contributed by atoms with Gasteiger partial charge in [0.1, 0.15) is 10.3 Å². The van der Waals surface area contributed by atoms with Gasteiger partial charge in [-0.25, -0.2) is 16.8 Å². The normalized spacial score (nSPS) is 18.9. The van der Waals surface area contributed by atoms with E-state index >= 15 is 0 Å². The van der Waals surface area contributed by atoms with Gasteiger partial charge in [-0.05, 0) is 56.3 Å². The number of aryl methyl sites for hydroxylation is 1. The molecule has 144 valence electrons. The summed E-state index contributed by atoms with van der Waals surface area (Å²) in [5.41, 5.74) is 1.10. The summed E-state index contributed by atoms with van der Waals surface area (Å²) in [7, 11) is -7.00. The van der Waals surface area contributed by atoms with Crippen LogP contribution in [0.2, 0.25) is 0 Å². The molecule has 0 radical (unpaired) electrons. The van der Waals surface area contributed by atoms with Gasteiger partial charge < -0.3 is 0 Å². The van der Waals surface area contributed by atoms with Crippen LogP contribution in [0.15, 0.2) is 34.1 Å². The summed E-state index contributed by atoms with van der Waals surface area (Å²) in [5.74, 6) is 0.0588. The van der Waals surface area contributed by atoms with Crippen molar-refractivity contribution in [3.63, 3.8) is 0 Å². The summed E-state index contributed by atoms with van der Waals surface area (Å²) in [6.45, 7) is 3.22. The molecule has 1 fully saturated rings. The number of nitriles is 1. The van der Waals surface area contributed by atoms with Gasteiger partial charge in [0.2, 0.25) is 0 Å². The van der Waals surface area contributed by atoms with Gasteiger partial charge in [-0.3, -0.25) is 9.40 Å². The summed E-state index contributed by atoms with van der Waals surface area (Å²) in [4.78, 5) is 0.769. The minimum Gasteiger partial charge on any atom is -0.280 e. The maximum Gasteiger partial charge on any atom is 0.265 e. The number of thiocyanates is 1. The highest BCUT2D eigenvalue weighted by molar-refractivity contribution is 8.03. The van der Waals surface area contributed by atoms with Crippen LogP contribution in [0.4, 0.5) is 5.69 Å². The van der Waals surface area contributed by atoms with Gasteiger partial charge in [0.15, 0.2) is 9.84 Å². The van der Waals surface area contributed by atoms with Crippen molar-refractivity contribution >= 4 is 37.3 Å². The van der Waals surface area contributed by atoms with Crippen LogP contribution in [0.5, 0.6) is 0 Å². The third-order valence-corrected chi connectivity index (χ3v) is 8.33. The van der Waals surface area contributed by atoms with E-state index in [1.54, 1.807) is 38.1 Å². The molecule has 0 aliphatic carbocycles. The molecule has 1 saturated heterocycles. The monoisotopic (exact) mass is 426 g/mol. The zero-order valence-electron chi connectivity index (χ0n) is 14.7. The maximum absolute atomic E-state index is 12.9. The number of aromatic nitrogens is 2. The molecular formula is C16H18N4O4S3. The van der Waals surface area contributed by atoms with Crippen molar-refractivity contribution in [3.05, 3.63) is 35.7 Å². The molecule has 1 aliphatic heterocycles. The minimum absolute atomic E-state index is 0.0279. The molecule has 1 aromatic heterocycles. The quantitative estimate of drug-likeness (QED) is 0.574. The van der Waals surface area contributed by atoms with Gasteiger partial charge >= 0.3 is 0 Å². The number of benzene rings is 1. The number of hydrogen-bond donors (Lipinski definition) is 1. The van der Waals surface area contributed by atoms with Crippen LogP contribution in [-0.2, 0) is 19.9 Å². The second-order valence-electron chi connectivity index (χ2n) is 6.32. The van der Waals surface area contributed by atoms with Crippen molar-refractivity contribution in [2.75, 3.05) is 16.2 Å². The van der Waals surface area contributed by atoms with E-state index in [2.05, 4.69) is 9.82 Å². The Morgan fingerprint density at radius 3 is 2.52 bits per heavy atom. The Hall–Kier alpha value is -2.03. The first-order valence-electron chi connectivity index (χ1n) is 8.08. The van der Waals surface area contributed by atoms with Crippen LogP contribution in [0, 0.1) is 24.5 Å². The van der Waals surface area contributed by atoms with E-state index in [0.717, 1.165) is 11.8 Å². The predicted molar refractivity (Wildman–Crippen MR) is 103 cm³/mol. The molecule has 1 atom stereocenters. The van der Waals surface area contributed by atoms with Crippen molar-refractivity contribution in [1.82, 2.24) is 9.78 Å². The summed E-state index contributed by atoms with van der Waals surface area (Å²) in [6.07, 6.45) is 0.426. The topological polar surface area (TPSA) is 122 Å². The predicted octanol–water partition coefficient (Wildman–Crippen LogP) is 2.23. The number of sulfonamides is 1. The molecule has 27 heavy (non-hydrogen) atoms. The first-order chi connectivity index (χ1) is 12.6. The van der Waals surface area contributed by atoms with Crippen LogP contribution < -0.4 is 4.72 Å². The number of nitrogens with zero attached hydrogens (tertiary/aromatic N) is 3. The highest BCUT2D eigenvalue weighted by Gasteiger charge is 2.33. The van der Waals surface area contributed by atoms with Crippen LogP contribution in [-0.4, -0.2) is 38.1 Å². The van der Waals surface area contributed by atoms with Crippen molar-refractivity contribution in [1.29, 1.82) is 5.26 Å². The van der Waals surface area contributed by atoms with Gasteiger partial charge in [-0.2, -0.15) is 10.4 Å². The molecular weight excluding hydrogens is 408 g/mol. The Balaban J connectivity index is 1.90. The van der Waals surface area contributed by atoms with Crippen LogP contribution >= 0.6 is 11.8 Å². The van der Waals surface area contributed by atoms with Gasteiger partial charge in [0.25, 0.3) is 10.0 Å². The average Bonchev–Trinajstić information content (AvgIpc) is 3.08. The van der Waals surface area contributed by atoms with E-state index in [1.807, 2.05) is 5.40 Å². The lowest BCUT2D eigenvalue weighted by molar-refractivity contribution is 0.484. The zero-order chi connectivity index (χ0) is 19.8. The average molecular weight is 427 g/mol. The lowest BCUT2D eigenvalue weighted by Gasteiger charge is -2.12. The SMILES string of the molecule is Cc1nn([C@H]2CCS(=O)(=O)C2)c(C)c1S(=O)(=O)Nc1ccc(SC#N)cc1. The molecule has 8 nitrogen and oxygen atoms in total. The molecule has 2 aromatic rings. The van der Waals surface area contributed by atoms with Crippen LogP contribution in [0.25, 0.3) is 0 Å². The van der Waals surface area contributed by atoms with Gasteiger partial charge in [0, 0.05) is 10.6 Å². The summed E-state index contributed by atoms with van der Waals surface area (Å²) in [5, 5.41) is 14.9. The largest absolute Gasteiger partial charge is 0.280 e. The number of anilines is 1. The van der Waals surface area contributed by atoms with Crippen molar-refractivity contribution in [2.24, 2.45) is 0 Å². The minimum atomic E-state index is -3.89. The van der Waals surface area contributed by atoms with Crippen molar-refractivity contribution in [2.45, 2.75) is 36.1 Å². The molecule has 11 heteroatoms. The molecule has 1 aromatic carbocycles. The fraction of sp³-hybridized carbons (Fsp3) is 0.375. The zero-order valence-corrected chi connectivity index (χ0v) is 17.2. The number of thioether (sulfide) groups is 1. The molecule has 1 aliphatic rings. The molecule has 3 rings (SSSR count). The Labute approximate surface area is 162 Å². The van der Waals surface area contributed by atoms with Gasteiger partial charge in [-0.15, -0.1) is 0 Å². The molecule has 0 amide bonds. The summed E-state index contributed by atoms with van der Waals surface area (Å²) in [6, 6.07) is 6.11. The third-order valence-electron chi connectivity index (χ3n) is 4.35. The number of rotatable bonds is 5. The van der Waals surface area contributed by atoms with E-state index in [4.69, 9.17) is 5.26 Å². The smallest absolute Gasteiger partial charge is 0.265 e. The first-order valence-corrected chi connectivity index (χ1v) is 12.2. The molecule has 0 spiro atoms. The Morgan fingerprint density at radius 1 is 1.30 bits per heavy atom. The lowest BCUT2D eigenvalue weighted by atomic mass is 10.2. The van der Waals surface area contributed by atoms with Crippen LogP contribution in [0.1, 0.15) is 23.9 Å². The van der Waals surface area contributed by atoms with Crippen molar-refractivity contribution < 1.29 is 16.8 Å². The highest BCUT2D eigenvalue weighted by atomic mass is 32.2. The second-order valence-corrected chi connectivity index (χ2v) is 11.0. The van der Waals surface area contributed by atoms with E-state index in [0.29, 0.717) is 28.4 Å². The summed E-state index contributed by atoms with van der Waals surface area (Å²) >= 11 is 0.986. The Morgan fingerprint density at radius 2 is 1.96 bits per heavy atom. The standard InChI is InChI=1S/C16H18N4O4S3/c1-11-16(12(2)20(18-11)14-7-8-26(21,22)9-14)27(23,24)19-13-3-5-15(6-4-13)25-10-17/h3-6,14,19H,7-9H2,1-2H3/t14-/m0/s1. The highest BCUT2D eigenvalue weighted by Crippen LogP contribution is 2.30. The Kier molecular flexibility index (Phi) is 5.24. The molecule has 2 heterocycles. The fourth-order valence-corrected chi connectivity index (χ4v) is 6.74. The molecule has 1 N–H and O–H groups in total. The van der Waals surface area contributed by atoms with Gasteiger partial charge in [0.05, 0.1) is 28.9 Å².